The molecule has 0 radical (unpaired) electrons. The van der Waals surface area contributed by atoms with Gasteiger partial charge in [0.15, 0.2) is 0 Å². The Balaban J connectivity index is 1.89. The summed E-state index contributed by atoms with van der Waals surface area (Å²) in [5.41, 5.74) is 2.44. The fraction of sp³-hybridized carbons (Fsp3) is 0.200. The maximum atomic E-state index is 5.80. The van der Waals surface area contributed by atoms with Gasteiger partial charge in [-0.1, -0.05) is 54.6 Å². The Bertz CT molecular complexity index is 564. The van der Waals surface area contributed by atoms with Crippen LogP contribution in [0.4, 0.5) is 0 Å². The quantitative estimate of drug-likeness (QED) is 0.634. The third-order valence-corrected chi connectivity index (χ3v) is 3.35. The lowest BCUT2D eigenvalue weighted by atomic mass is 10.2. The first-order valence-corrected chi connectivity index (χ1v) is 7.51. The van der Waals surface area contributed by atoms with E-state index >= 15 is 0 Å². The Morgan fingerprint density at radius 1 is 0.818 bits per heavy atom. The van der Waals surface area contributed by atoms with Crippen molar-refractivity contribution in [1.29, 1.82) is 0 Å². The molecular weight excluding hydrogens is 270 g/mol. The van der Waals surface area contributed by atoms with Crippen molar-refractivity contribution in [3.05, 3.63) is 91.0 Å². The van der Waals surface area contributed by atoms with E-state index in [1.54, 1.807) is 0 Å². The first-order valence-electron chi connectivity index (χ1n) is 7.51. The zero-order chi connectivity index (χ0) is 15.6. The number of benzene rings is 2. The second-order valence-corrected chi connectivity index (χ2v) is 5.19. The maximum Gasteiger partial charge on any atom is 0.119 e. The van der Waals surface area contributed by atoms with Crippen molar-refractivity contribution in [1.82, 2.24) is 4.90 Å². The van der Waals surface area contributed by atoms with Crippen molar-refractivity contribution in [2.24, 2.45) is 0 Å². The average Bonchev–Trinajstić information content (AvgIpc) is 2.56. The van der Waals surface area contributed by atoms with Gasteiger partial charge in [0.1, 0.15) is 12.4 Å². The summed E-state index contributed by atoms with van der Waals surface area (Å²) in [6.45, 7) is 10.8. The predicted molar refractivity (Wildman–Crippen MR) is 92.9 cm³/mol. The maximum absolute atomic E-state index is 5.80. The van der Waals surface area contributed by atoms with Crippen molar-refractivity contribution < 1.29 is 4.74 Å². The first kappa shape index (κ1) is 16.1. The van der Waals surface area contributed by atoms with Gasteiger partial charge in [-0.15, -0.1) is 13.2 Å². The third-order valence-electron chi connectivity index (χ3n) is 3.35. The van der Waals surface area contributed by atoms with Gasteiger partial charge in [-0.2, -0.15) is 0 Å². The van der Waals surface area contributed by atoms with Crippen LogP contribution in [-0.2, 0) is 13.2 Å². The topological polar surface area (TPSA) is 12.5 Å². The molecule has 0 aliphatic carbocycles. The average molecular weight is 293 g/mol. The molecule has 2 rings (SSSR count). The Morgan fingerprint density at radius 3 is 2.05 bits per heavy atom. The van der Waals surface area contributed by atoms with Crippen LogP contribution < -0.4 is 4.74 Å². The summed E-state index contributed by atoms with van der Waals surface area (Å²) in [5.74, 6) is 0.895. The monoisotopic (exact) mass is 293 g/mol. The molecule has 0 fully saturated rings. The highest BCUT2D eigenvalue weighted by atomic mass is 16.5. The smallest absolute Gasteiger partial charge is 0.119 e. The van der Waals surface area contributed by atoms with E-state index in [0.717, 1.165) is 25.4 Å². The van der Waals surface area contributed by atoms with Gasteiger partial charge in [-0.05, 0) is 23.3 Å². The number of hydrogen-bond acceptors (Lipinski definition) is 2. The Hall–Kier alpha value is -2.32. The van der Waals surface area contributed by atoms with Gasteiger partial charge in [0.25, 0.3) is 0 Å². The molecule has 114 valence electrons. The molecule has 0 spiro atoms. The van der Waals surface area contributed by atoms with Crippen LogP contribution in [0, 0.1) is 0 Å². The molecule has 2 nitrogen and oxygen atoms in total. The van der Waals surface area contributed by atoms with Crippen LogP contribution in [0.3, 0.4) is 0 Å². The highest BCUT2D eigenvalue weighted by molar-refractivity contribution is 5.28. The minimum absolute atomic E-state index is 0.596. The number of hydrogen-bond donors (Lipinski definition) is 0. The van der Waals surface area contributed by atoms with E-state index < -0.39 is 0 Å². The van der Waals surface area contributed by atoms with E-state index in [1.165, 1.54) is 11.1 Å². The van der Waals surface area contributed by atoms with Gasteiger partial charge in [0.05, 0.1) is 0 Å². The molecule has 0 bridgehead atoms. The normalized spacial score (nSPS) is 10.4. The van der Waals surface area contributed by atoms with E-state index in [4.69, 9.17) is 4.74 Å². The second-order valence-electron chi connectivity index (χ2n) is 5.19. The summed E-state index contributed by atoms with van der Waals surface area (Å²) in [4.78, 5) is 2.28. The molecule has 2 aromatic rings. The van der Waals surface area contributed by atoms with Gasteiger partial charge in [-0.3, -0.25) is 4.90 Å². The van der Waals surface area contributed by atoms with Crippen LogP contribution in [-0.4, -0.2) is 18.0 Å². The highest BCUT2D eigenvalue weighted by Gasteiger charge is 2.03. The van der Waals surface area contributed by atoms with Crippen molar-refractivity contribution in [2.75, 3.05) is 13.1 Å². The molecule has 0 N–H and O–H groups in total. The summed E-state index contributed by atoms with van der Waals surface area (Å²) in [6.07, 6.45) is 3.84. The molecule has 0 aliphatic rings. The zero-order valence-corrected chi connectivity index (χ0v) is 12.9. The fourth-order valence-electron chi connectivity index (χ4n) is 2.26. The van der Waals surface area contributed by atoms with E-state index in [0.29, 0.717) is 6.61 Å². The lowest BCUT2D eigenvalue weighted by molar-refractivity contribution is 0.305. The van der Waals surface area contributed by atoms with E-state index in [2.05, 4.69) is 42.3 Å². The summed E-state index contributed by atoms with van der Waals surface area (Å²) >= 11 is 0. The molecular formula is C20H23NO. The van der Waals surface area contributed by atoms with Crippen LogP contribution in [0.1, 0.15) is 11.1 Å². The molecule has 0 unspecified atom stereocenters. The van der Waals surface area contributed by atoms with Gasteiger partial charge in [0, 0.05) is 19.6 Å². The van der Waals surface area contributed by atoms with Gasteiger partial charge >= 0.3 is 0 Å². The standard InChI is InChI=1S/C20H23NO/c1-3-14-21(15-4-2)16-18-10-12-20(13-11-18)22-17-19-8-6-5-7-9-19/h3-13H,1-2,14-17H2. The van der Waals surface area contributed by atoms with Gasteiger partial charge < -0.3 is 4.74 Å². The Kier molecular flexibility index (Phi) is 6.46. The summed E-state index contributed by atoms with van der Waals surface area (Å²) in [6, 6.07) is 18.5. The summed E-state index contributed by atoms with van der Waals surface area (Å²) < 4.78 is 5.80. The molecule has 0 saturated carbocycles. The van der Waals surface area contributed by atoms with Crippen molar-refractivity contribution in [3.63, 3.8) is 0 Å². The van der Waals surface area contributed by atoms with Crippen LogP contribution in [0.2, 0.25) is 0 Å². The molecule has 2 heteroatoms. The van der Waals surface area contributed by atoms with Crippen LogP contribution in [0.25, 0.3) is 0 Å². The molecule has 2 aromatic carbocycles. The lowest BCUT2D eigenvalue weighted by Crippen LogP contribution is -2.23. The van der Waals surface area contributed by atoms with Crippen LogP contribution >= 0.6 is 0 Å². The minimum Gasteiger partial charge on any atom is -0.489 e. The van der Waals surface area contributed by atoms with Gasteiger partial charge in [-0.25, -0.2) is 0 Å². The molecule has 0 aromatic heterocycles. The number of rotatable bonds is 9. The second kappa shape index (κ2) is 8.85. The van der Waals surface area contributed by atoms with Crippen LogP contribution in [0.15, 0.2) is 79.9 Å². The lowest BCUT2D eigenvalue weighted by Gasteiger charge is -2.18. The van der Waals surface area contributed by atoms with Crippen molar-refractivity contribution in [2.45, 2.75) is 13.2 Å². The summed E-state index contributed by atoms with van der Waals surface area (Å²) in [5, 5.41) is 0. The number of nitrogens with zero attached hydrogens (tertiary/aromatic N) is 1. The van der Waals surface area contributed by atoms with Crippen molar-refractivity contribution >= 4 is 0 Å². The SMILES string of the molecule is C=CCN(CC=C)Cc1ccc(OCc2ccccc2)cc1. The van der Waals surface area contributed by atoms with Crippen LogP contribution in [0.5, 0.6) is 5.75 Å². The Morgan fingerprint density at radius 2 is 1.45 bits per heavy atom. The summed E-state index contributed by atoms with van der Waals surface area (Å²) in [7, 11) is 0. The third kappa shape index (κ3) is 5.23. The largest absolute Gasteiger partial charge is 0.489 e. The van der Waals surface area contributed by atoms with E-state index in [1.807, 2.05) is 42.5 Å². The molecule has 0 aliphatic heterocycles. The van der Waals surface area contributed by atoms with Gasteiger partial charge in [0.2, 0.25) is 0 Å². The molecule has 0 amide bonds. The molecule has 22 heavy (non-hydrogen) atoms. The van der Waals surface area contributed by atoms with Crippen molar-refractivity contribution in [3.8, 4) is 5.75 Å². The minimum atomic E-state index is 0.596. The molecule has 0 heterocycles. The van der Waals surface area contributed by atoms with E-state index in [9.17, 15) is 0 Å². The predicted octanol–water partition coefficient (Wildman–Crippen LogP) is 4.44. The first-order chi connectivity index (χ1) is 10.8. The zero-order valence-electron chi connectivity index (χ0n) is 12.9. The highest BCUT2D eigenvalue weighted by Crippen LogP contribution is 2.15. The van der Waals surface area contributed by atoms with E-state index in [-0.39, 0.29) is 0 Å². The molecule has 0 saturated heterocycles. The number of ether oxygens (including phenoxy) is 1. The Labute approximate surface area is 133 Å². The molecule has 0 atom stereocenters. The fourth-order valence-corrected chi connectivity index (χ4v) is 2.26.